The minimum absolute atomic E-state index is 0.173. The number of rotatable bonds is 3. The van der Waals surface area contributed by atoms with Gasteiger partial charge in [0.1, 0.15) is 17.3 Å². The molecule has 2 unspecified atom stereocenters. The van der Waals surface area contributed by atoms with Crippen LogP contribution in [-0.2, 0) is 6.54 Å². The second-order valence-electron chi connectivity index (χ2n) is 7.89. The SMILES string of the molecule is CC(C1NCc2c1ccc(O)c2-c1noc2cc(F)ccc12)N1CCCCC1. The molecule has 2 aliphatic rings. The summed E-state index contributed by atoms with van der Waals surface area (Å²) >= 11 is 0. The minimum Gasteiger partial charge on any atom is -0.507 e. The Morgan fingerprint density at radius 3 is 2.86 bits per heavy atom. The van der Waals surface area contributed by atoms with E-state index in [1.54, 1.807) is 12.1 Å². The molecular weight excluding hydrogens is 357 g/mol. The zero-order valence-electron chi connectivity index (χ0n) is 15.9. The summed E-state index contributed by atoms with van der Waals surface area (Å²) in [4.78, 5) is 2.55. The molecule has 3 heterocycles. The second-order valence-corrected chi connectivity index (χ2v) is 7.89. The molecule has 1 fully saturated rings. The van der Waals surface area contributed by atoms with Gasteiger partial charge in [0, 0.05) is 24.7 Å². The summed E-state index contributed by atoms with van der Waals surface area (Å²) < 4.78 is 18.9. The van der Waals surface area contributed by atoms with Crippen LogP contribution < -0.4 is 5.32 Å². The molecule has 0 saturated carbocycles. The van der Waals surface area contributed by atoms with Crippen molar-refractivity contribution in [3.05, 3.63) is 47.3 Å². The molecule has 1 aromatic heterocycles. The number of phenols is 1. The van der Waals surface area contributed by atoms with Crippen LogP contribution in [0.3, 0.4) is 0 Å². The van der Waals surface area contributed by atoms with E-state index in [2.05, 4.69) is 22.3 Å². The zero-order valence-corrected chi connectivity index (χ0v) is 15.9. The van der Waals surface area contributed by atoms with Crippen molar-refractivity contribution in [1.82, 2.24) is 15.4 Å². The third-order valence-corrected chi connectivity index (χ3v) is 6.28. The Morgan fingerprint density at radius 2 is 2.04 bits per heavy atom. The molecule has 6 heteroatoms. The highest BCUT2D eigenvalue weighted by Gasteiger charge is 2.34. The molecule has 0 amide bonds. The van der Waals surface area contributed by atoms with Gasteiger partial charge >= 0.3 is 0 Å². The van der Waals surface area contributed by atoms with Gasteiger partial charge in [-0.3, -0.25) is 4.90 Å². The summed E-state index contributed by atoms with van der Waals surface area (Å²) in [5, 5.41) is 19.1. The first-order chi connectivity index (χ1) is 13.6. The number of piperidine rings is 1. The first-order valence-corrected chi connectivity index (χ1v) is 10.0. The summed E-state index contributed by atoms with van der Waals surface area (Å²) in [5.41, 5.74) is 3.88. The molecule has 5 nitrogen and oxygen atoms in total. The third kappa shape index (κ3) is 2.79. The molecule has 5 rings (SSSR count). The van der Waals surface area contributed by atoms with E-state index in [1.807, 2.05) is 6.07 Å². The highest BCUT2D eigenvalue weighted by atomic mass is 19.1. The van der Waals surface area contributed by atoms with Gasteiger partial charge in [-0.15, -0.1) is 0 Å². The lowest BCUT2D eigenvalue weighted by molar-refractivity contribution is 0.145. The van der Waals surface area contributed by atoms with E-state index in [9.17, 15) is 9.50 Å². The van der Waals surface area contributed by atoms with E-state index in [-0.39, 0.29) is 17.6 Å². The van der Waals surface area contributed by atoms with Crippen molar-refractivity contribution in [3.63, 3.8) is 0 Å². The molecule has 28 heavy (non-hydrogen) atoms. The Labute approximate surface area is 163 Å². The molecular formula is C22H24FN3O2. The lowest BCUT2D eigenvalue weighted by Crippen LogP contribution is -2.43. The van der Waals surface area contributed by atoms with Crippen molar-refractivity contribution < 1.29 is 14.0 Å². The number of phenolic OH excluding ortho intramolecular Hbond substituents is 1. The maximum Gasteiger partial charge on any atom is 0.170 e. The van der Waals surface area contributed by atoms with Gasteiger partial charge in [0.05, 0.1) is 10.9 Å². The minimum atomic E-state index is -0.366. The van der Waals surface area contributed by atoms with Gasteiger partial charge in [0.15, 0.2) is 5.58 Å². The first kappa shape index (κ1) is 17.6. The Hall–Kier alpha value is -2.44. The fourth-order valence-corrected chi connectivity index (χ4v) is 4.78. The summed E-state index contributed by atoms with van der Waals surface area (Å²) in [7, 11) is 0. The third-order valence-electron chi connectivity index (χ3n) is 6.28. The number of nitrogens with zero attached hydrogens (tertiary/aromatic N) is 2. The van der Waals surface area contributed by atoms with Crippen molar-refractivity contribution in [2.24, 2.45) is 0 Å². The second kappa shape index (κ2) is 6.87. The molecule has 3 aromatic rings. The number of fused-ring (bicyclic) bond motifs is 2. The molecule has 2 atom stereocenters. The van der Waals surface area contributed by atoms with Crippen LogP contribution in [0.1, 0.15) is 43.4 Å². The normalized spacial score (nSPS) is 21.1. The quantitative estimate of drug-likeness (QED) is 0.706. The van der Waals surface area contributed by atoms with Gasteiger partial charge < -0.3 is 14.9 Å². The molecule has 2 N–H and O–H groups in total. The molecule has 0 bridgehead atoms. The molecule has 146 valence electrons. The van der Waals surface area contributed by atoms with Gasteiger partial charge in [0.2, 0.25) is 0 Å². The Kier molecular flexibility index (Phi) is 4.33. The van der Waals surface area contributed by atoms with Crippen LogP contribution in [0.15, 0.2) is 34.9 Å². The van der Waals surface area contributed by atoms with Gasteiger partial charge in [-0.25, -0.2) is 4.39 Å². The van der Waals surface area contributed by atoms with Gasteiger partial charge in [0.25, 0.3) is 0 Å². The number of benzene rings is 2. The average Bonchev–Trinajstić information content (AvgIpc) is 3.32. The van der Waals surface area contributed by atoms with Crippen LogP contribution in [0.25, 0.3) is 22.2 Å². The summed E-state index contributed by atoms with van der Waals surface area (Å²) in [6.45, 7) is 5.22. The lowest BCUT2D eigenvalue weighted by Gasteiger charge is -2.36. The highest BCUT2D eigenvalue weighted by Crippen LogP contribution is 2.43. The van der Waals surface area contributed by atoms with Gasteiger partial charge in [-0.2, -0.15) is 0 Å². The standard InChI is InChI=1S/C22H24FN3O2/c1-13(26-9-3-2-4-10-26)21-15-7-8-18(27)20(17(15)12-24-21)22-16-6-5-14(23)11-19(16)28-25-22/h5-8,11,13,21,24,27H,2-4,9-10,12H2,1H3. The summed E-state index contributed by atoms with van der Waals surface area (Å²) in [5.74, 6) is -0.193. The van der Waals surface area contributed by atoms with E-state index in [1.165, 1.54) is 37.0 Å². The fraction of sp³-hybridized carbons (Fsp3) is 0.409. The van der Waals surface area contributed by atoms with Crippen molar-refractivity contribution in [2.75, 3.05) is 13.1 Å². The maximum absolute atomic E-state index is 13.5. The van der Waals surface area contributed by atoms with E-state index in [4.69, 9.17) is 4.52 Å². The predicted molar refractivity (Wildman–Crippen MR) is 106 cm³/mol. The number of halogens is 1. The van der Waals surface area contributed by atoms with E-state index in [0.29, 0.717) is 34.8 Å². The molecule has 2 aliphatic heterocycles. The van der Waals surface area contributed by atoms with Crippen molar-refractivity contribution in [1.29, 1.82) is 0 Å². The lowest BCUT2D eigenvalue weighted by atomic mass is 9.92. The van der Waals surface area contributed by atoms with Crippen LogP contribution in [0.4, 0.5) is 4.39 Å². The summed E-state index contributed by atoms with van der Waals surface area (Å²) in [6.07, 6.45) is 3.83. The largest absolute Gasteiger partial charge is 0.507 e. The molecule has 2 aromatic carbocycles. The van der Waals surface area contributed by atoms with E-state index in [0.717, 1.165) is 18.7 Å². The van der Waals surface area contributed by atoms with Gasteiger partial charge in [-0.1, -0.05) is 17.6 Å². The van der Waals surface area contributed by atoms with Crippen LogP contribution in [-0.4, -0.2) is 34.3 Å². The monoisotopic (exact) mass is 381 g/mol. The Balaban J connectivity index is 1.57. The number of nitrogens with one attached hydrogen (secondary N) is 1. The van der Waals surface area contributed by atoms with Crippen molar-refractivity contribution >= 4 is 11.0 Å². The smallest absolute Gasteiger partial charge is 0.170 e. The first-order valence-electron chi connectivity index (χ1n) is 10.0. The van der Waals surface area contributed by atoms with Crippen molar-refractivity contribution in [3.8, 4) is 17.0 Å². The van der Waals surface area contributed by atoms with E-state index >= 15 is 0 Å². The van der Waals surface area contributed by atoms with Gasteiger partial charge in [-0.05, 0) is 62.2 Å². The van der Waals surface area contributed by atoms with Crippen LogP contribution in [0.2, 0.25) is 0 Å². The van der Waals surface area contributed by atoms with E-state index < -0.39 is 0 Å². The van der Waals surface area contributed by atoms with Crippen molar-refractivity contribution in [2.45, 2.75) is 44.8 Å². The maximum atomic E-state index is 13.5. The number of hydrogen-bond donors (Lipinski definition) is 2. The van der Waals surface area contributed by atoms with Crippen LogP contribution in [0, 0.1) is 5.82 Å². The fourth-order valence-electron chi connectivity index (χ4n) is 4.78. The predicted octanol–water partition coefficient (Wildman–Crippen LogP) is 4.36. The number of aromatic hydroxyl groups is 1. The van der Waals surface area contributed by atoms with Crippen LogP contribution in [0.5, 0.6) is 5.75 Å². The highest BCUT2D eigenvalue weighted by molar-refractivity contribution is 5.94. The molecule has 1 saturated heterocycles. The number of aromatic nitrogens is 1. The Morgan fingerprint density at radius 1 is 1.21 bits per heavy atom. The number of likely N-dealkylation sites (tertiary alicyclic amines) is 1. The average molecular weight is 381 g/mol. The summed E-state index contributed by atoms with van der Waals surface area (Å²) in [6, 6.07) is 8.72. The zero-order chi connectivity index (χ0) is 19.3. The van der Waals surface area contributed by atoms with Crippen LogP contribution >= 0.6 is 0 Å². The molecule has 0 radical (unpaired) electrons. The Bertz CT molecular complexity index is 1030. The molecule has 0 spiro atoms. The molecule has 0 aliphatic carbocycles. The topological polar surface area (TPSA) is 61.5 Å². The number of hydrogen-bond acceptors (Lipinski definition) is 5.